The predicted molar refractivity (Wildman–Crippen MR) is 136 cm³/mol. The van der Waals surface area contributed by atoms with Gasteiger partial charge in [-0.2, -0.15) is 5.10 Å². The number of furan rings is 1. The third-order valence-corrected chi connectivity index (χ3v) is 6.45. The molecule has 0 unspecified atom stereocenters. The molecule has 1 aliphatic carbocycles. The smallest absolute Gasteiger partial charge is 0.274 e. The Kier molecular flexibility index (Phi) is 7.85. The van der Waals surface area contributed by atoms with Crippen molar-refractivity contribution in [2.75, 3.05) is 44.3 Å². The van der Waals surface area contributed by atoms with Crippen LogP contribution in [-0.2, 0) is 4.74 Å². The molecule has 1 saturated heterocycles. The number of aryl methyl sites for hydroxylation is 1. The van der Waals surface area contributed by atoms with E-state index in [1.807, 2.05) is 0 Å². The Morgan fingerprint density at radius 3 is 2.50 bits per heavy atom. The van der Waals surface area contributed by atoms with Gasteiger partial charge in [-0.15, -0.1) is 0 Å². The Balaban J connectivity index is 1.56. The molecule has 1 aromatic carbocycles. The number of ether oxygens (including phenoxy) is 1. The standard InChI is InChI=1S/C27H34N4O3/c1-4-30(5-2)24-10-6-21(7-11-24)18-22-8-9-23(26(22)31-13-16-33-17-14-31)19-28-29-27(32)25-12-15-34-20(25)3/h6-7,10-12,15,18-19H,4-5,8-9,13-14,16-17H2,1-3H3,(H,29,32)/b22-18+,28-19-. The summed E-state index contributed by atoms with van der Waals surface area (Å²) in [6.45, 7) is 11.3. The zero-order valence-corrected chi connectivity index (χ0v) is 20.3. The molecule has 2 aliphatic rings. The Hall–Kier alpha value is -3.32. The second-order valence-corrected chi connectivity index (χ2v) is 8.50. The van der Waals surface area contributed by atoms with Crippen molar-refractivity contribution in [2.45, 2.75) is 33.6 Å². The lowest BCUT2D eigenvalue weighted by Crippen LogP contribution is -2.36. The van der Waals surface area contributed by atoms with E-state index in [0.717, 1.165) is 57.8 Å². The summed E-state index contributed by atoms with van der Waals surface area (Å²) >= 11 is 0. The maximum atomic E-state index is 12.4. The van der Waals surface area contributed by atoms with Crippen LogP contribution in [0.3, 0.4) is 0 Å². The molecule has 1 aromatic heterocycles. The van der Waals surface area contributed by atoms with Crippen molar-refractivity contribution in [3.8, 4) is 0 Å². The molecule has 0 bridgehead atoms. The summed E-state index contributed by atoms with van der Waals surface area (Å²) in [7, 11) is 0. The minimum atomic E-state index is -0.266. The highest BCUT2D eigenvalue weighted by Crippen LogP contribution is 2.35. The van der Waals surface area contributed by atoms with Crippen LogP contribution >= 0.6 is 0 Å². The van der Waals surface area contributed by atoms with Gasteiger partial charge < -0.3 is 19.0 Å². The number of carbonyl (C=O) groups excluding carboxylic acids is 1. The average Bonchev–Trinajstić information content (AvgIpc) is 3.47. The van der Waals surface area contributed by atoms with Gasteiger partial charge in [-0.25, -0.2) is 5.43 Å². The van der Waals surface area contributed by atoms with Crippen LogP contribution in [0.2, 0.25) is 0 Å². The molecule has 1 fully saturated rings. The lowest BCUT2D eigenvalue weighted by atomic mass is 10.1. The normalized spacial score (nSPS) is 17.7. The van der Waals surface area contributed by atoms with Crippen LogP contribution in [-0.4, -0.2) is 56.4 Å². The number of benzene rings is 1. The number of morpholine rings is 1. The van der Waals surface area contributed by atoms with E-state index in [-0.39, 0.29) is 5.91 Å². The summed E-state index contributed by atoms with van der Waals surface area (Å²) in [5.74, 6) is 0.317. The number of nitrogens with zero attached hydrogens (tertiary/aromatic N) is 3. The molecule has 1 aliphatic heterocycles. The van der Waals surface area contributed by atoms with Crippen LogP contribution in [0.5, 0.6) is 0 Å². The van der Waals surface area contributed by atoms with Crippen molar-refractivity contribution in [1.29, 1.82) is 0 Å². The first kappa shape index (κ1) is 23.8. The van der Waals surface area contributed by atoms with Gasteiger partial charge in [0.25, 0.3) is 5.91 Å². The molecule has 7 nitrogen and oxygen atoms in total. The molecule has 2 aromatic rings. The fraction of sp³-hybridized carbons (Fsp3) is 0.407. The van der Waals surface area contributed by atoms with Gasteiger partial charge in [0.2, 0.25) is 0 Å². The molecule has 0 atom stereocenters. The quantitative estimate of drug-likeness (QED) is 0.458. The molecular formula is C27H34N4O3. The van der Waals surface area contributed by atoms with Crippen LogP contribution in [0, 0.1) is 6.92 Å². The van der Waals surface area contributed by atoms with Crippen LogP contribution in [0.25, 0.3) is 6.08 Å². The van der Waals surface area contributed by atoms with Crippen molar-refractivity contribution in [3.05, 3.63) is 70.3 Å². The second kappa shape index (κ2) is 11.2. The predicted octanol–water partition coefficient (Wildman–Crippen LogP) is 4.61. The molecule has 0 saturated carbocycles. The highest BCUT2D eigenvalue weighted by molar-refractivity contribution is 5.95. The van der Waals surface area contributed by atoms with Gasteiger partial charge in [-0.1, -0.05) is 12.1 Å². The van der Waals surface area contributed by atoms with E-state index in [1.165, 1.54) is 28.8 Å². The summed E-state index contributed by atoms with van der Waals surface area (Å²) in [6, 6.07) is 10.4. The maximum Gasteiger partial charge on any atom is 0.274 e. The van der Waals surface area contributed by atoms with Crippen LogP contribution < -0.4 is 10.3 Å². The molecule has 1 amide bonds. The number of amides is 1. The maximum absolute atomic E-state index is 12.4. The summed E-state index contributed by atoms with van der Waals surface area (Å²) in [5.41, 5.74) is 9.23. The topological polar surface area (TPSA) is 70.3 Å². The monoisotopic (exact) mass is 462 g/mol. The number of anilines is 1. The lowest BCUT2D eigenvalue weighted by Gasteiger charge is -2.31. The second-order valence-electron chi connectivity index (χ2n) is 8.50. The van der Waals surface area contributed by atoms with Crippen LogP contribution in [0.15, 0.2) is 63.0 Å². The minimum Gasteiger partial charge on any atom is -0.469 e. The fourth-order valence-electron chi connectivity index (χ4n) is 4.59. The van der Waals surface area contributed by atoms with Gasteiger partial charge in [-0.3, -0.25) is 4.79 Å². The van der Waals surface area contributed by atoms with Gasteiger partial charge in [0.1, 0.15) is 5.76 Å². The molecule has 4 rings (SSSR count). The lowest BCUT2D eigenvalue weighted by molar-refractivity contribution is 0.0548. The molecule has 0 radical (unpaired) electrons. The number of carbonyl (C=O) groups is 1. The number of rotatable bonds is 8. The molecule has 1 N–H and O–H groups in total. The van der Waals surface area contributed by atoms with Crippen LogP contribution in [0.1, 0.15) is 48.4 Å². The highest BCUT2D eigenvalue weighted by Gasteiger charge is 2.25. The molecule has 2 heterocycles. The van der Waals surface area contributed by atoms with Crippen molar-refractivity contribution < 1.29 is 13.9 Å². The van der Waals surface area contributed by atoms with E-state index >= 15 is 0 Å². The number of nitrogens with one attached hydrogen (secondary N) is 1. The van der Waals surface area contributed by atoms with E-state index < -0.39 is 0 Å². The summed E-state index contributed by atoms with van der Waals surface area (Å²) < 4.78 is 10.8. The van der Waals surface area contributed by atoms with Gasteiger partial charge in [0.05, 0.1) is 31.3 Å². The number of hydrogen-bond donors (Lipinski definition) is 1. The first-order valence-corrected chi connectivity index (χ1v) is 12.1. The van der Waals surface area contributed by atoms with E-state index in [4.69, 9.17) is 9.15 Å². The molecule has 7 heteroatoms. The van der Waals surface area contributed by atoms with Gasteiger partial charge in [-0.05, 0) is 74.6 Å². The van der Waals surface area contributed by atoms with E-state index in [2.05, 4.69) is 64.5 Å². The van der Waals surface area contributed by atoms with E-state index in [9.17, 15) is 4.79 Å². The fourth-order valence-corrected chi connectivity index (χ4v) is 4.59. The Morgan fingerprint density at radius 2 is 1.85 bits per heavy atom. The third-order valence-electron chi connectivity index (χ3n) is 6.45. The summed E-state index contributed by atoms with van der Waals surface area (Å²) in [5, 5.41) is 4.27. The van der Waals surface area contributed by atoms with E-state index in [0.29, 0.717) is 11.3 Å². The Bertz CT molecular complexity index is 1070. The van der Waals surface area contributed by atoms with Gasteiger partial charge in [0, 0.05) is 37.6 Å². The summed E-state index contributed by atoms with van der Waals surface area (Å²) in [6.07, 6.45) is 7.42. The SMILES string of the molecule is CCN(CC)c1ccc(/C=C2\CCC(/C=N\NC(=O)c3ccoc3C)=C2N2CCOCC2)cc1. The number of hydrogen-bond acceptors (Lipinski definition) is 6. The van der Waals surface area contributed by atoms with Crippen molar-refractivity contribution in [2.24, 2.45) is 5.10 Å². The van der Waals surface area contributed by atoms with Gasteiger partial charge in [0.15, 0.2) is 0 Å². The van der Waals surface area contributed by atoms with Crippen molar-refractivity contribution in [3.63, 3.8) is 0 Å². The van der Waals surface area contributed by atoms with E-state index in [1.54, 1.807) is 19.2 Å². The minimum absolute atomic E-state index is 0.266. The largest absolute Gasteiger partial charge is 0.469 e. The molecule has 0 spiro atoms. The molecular weight excluding hydrogens is 428 g/mol. The summed E-state index contributed by atoms with van der Waals surface area (Å²) in [4.78, 5) is 17.1. The molecule has 34 heavy (non-hydrogen) atoms. The third kappa shape index (κ3) is 5.42. The Labute approximate surface area is 201 Å². The van der Waals surface area contributed by atoms with Gasteiger partial charge >= 0.3 is 0 Å². The number of allylic oxidation sites excluding steroid dienone is 2. The molecule has 180 valence electrons. The first-order chi connectivity index (χ1) is 16.6. The average molecular weight is 463 g/mol. The first-order valence-electron chi connectivity index (χ1n) is 12.1. The van der Waals surface area contributed by atoms with Crippen molar-refractivity contribution >= 4 is 23.9 Å². The number of hydrazone groups is 1. The Morgan fingerprint density at radius 1 is 1.12 bits per heavy atom. The zero-order chi connectivity index (χ0) is 23.9. The van der Waals surface area contributed by atoms with Crippen LogP contribution in [0.4, 0.5) is 5.69 Å². The highest BCUT2D eigenvalue weighted by atomic mass is 16.5. The zero-order valence-electron chi connectivity index (χ0n) is 20.3. The van der Waals surface area contributed by atoms with Crippen molar-refractivity contribution in [1.82, 2.24) is 10.3 Å².